The summed E-state index contributed by atoms with van der Waals surface area (Å²) in [4.78, 5) is 27.1. The van der Waals surface area contributed by atoms with Crippen LogP contribution in [0.2, 0.25) is 0 Å². The summed E-state index contributed by atoms with van der Waals surface area (Å²) in [6, 6.07) is 6.95. The SMILES string of the molecule is Cc1ccc(C(=O)N(C)C2CCN(C(=O)[C@@](C)(O)C(F)(F)F)CC2)cc1. The molecule has 1 aromatic carbocycles. The first-order chi connectivity index (χ1) is 11.9. The van der Waals surface area contributed by atoms with Crippen LogP contribution in [0, 0.1) is 6.92 Å². The predicted octanol–water partition coefficient (Wildman–Crippen LogP) is 2.37. The fraction of sp³-hybridized carbons (Fsp3) is 0.556. The molecule has 1 fully saturated rings. The van der Waals surface area contributed by atoms with Crippen molar-refractivity contribution in [2.75, 3.05) is 20.1 Å². The minimum Gasteiger partial charge on any atom is -0.373 e. The number of alkyl halides is 3. The smallest absolute Gasteiger partial charge is 0.373 e. The quantitative estimate of drug-likeness (QED) is 0.886. The molecule has 0 aromatic heterocycles. The van der Waals surface area contributed by atoms with Gasteiger partial charge in [-0.3, -0.25) is 9.59 Å². The van der Waals surface area contributed by atoms with E-state index < -0.39 is 17.7 Å². The lowest BCUT2D eigenvalue weighted by Crippen LogP contribution is -2.58. The van der Waals surface area contributed by atoms with Crippen LogP contribution in [0.4, 0.5) is 13.2 Å². The second-order valence-electron chi connectivity index (χ2n) is 6.88. The molecule has 1 N–H and O–H groups in total. The van der Waals surface area contributed by atoms with Crippen molar-refractivity contribution < 1.29 is 27.9 Å². The number of carbonyl (C=O) groups is 2. The van der Waals surface area contributed by atoms with Crippen LogP contribution in [0.5, 0.6) is 0 Å². The molecular weight excluding hydrogens is 349 g/mol. The van der Waals surface area contributed by atoms with Crippen LogP contribution >= 0.6 is 0 Å². The molecule has 26 heavy (non-hydrogen) atoms. The van der Waals surface area contributed by atoms with E-state index in [1.807, 2.05) is 19.1 Å². The Morgan fingerprint density at radius 1 is 1.15 bits per heavy atom. The summed E-state index contributed by atoms with van der Waals surface area (Å²) < 4.78 is 38.4. The summed E-state index contributed by atoms with van der Waals surface area (Å²) in [7, 11) is 1.65. The average Bonchev–Trinajstić information content (AvgIpc) is 2.59. The number of benzene rings is 1. The Kier molecular flexibility index (Phi) is 5.65. The molecule has 8 heteroatoms. The van der Waals surface area contributed by atoms with Crippen molar-refractivity contribution >= 4 is 11.8 Å². The minimum atomic E-state index is -5.03. The van der Waals surface area contributed by atoms with Gasteiger partial charge in [-0.2, -0.15) is 13.2 Å². The fourth-order valence-corrected chi connectivity index (χ4v) is 2.95. The zero-order chi connectivity index (χ0) is 19.7. The number of amides is 2. The zero-order valence-corrected chi connectivity index (χ0v) is 15.0. The number of hydrogen-bond acceptors (Lipinski definition) is 3. The third-order valence-electron chi connectivity index (χ3n) is 4.89. The van der Waals surface area contributed by atoms with E-state index >= 15 is 0 Å². The summed E-state index contributed by atoms with van der Waals surface area (Å²) in [6.45, 7) is 2.50. The third kappa shape index (κ3) is 4.00. The summed E-state index contributed by atoms with van der Waals surface area (Å²) in [6.07, 6.45) is -4.32. The van der Waals surface area contributed by atoms with Crippen molar-refractivity contribution in [2.45, 2.75) is 44.5 Å². The molecule has 0 unspecified atom stereocenters. The van der Waals surface area contributed by atoms with Crippen molar-refractivity contribution in [3.05, 3.63) is 35.4 Å². The van der Waals surface area contributed by atoms with Crippen LogP contribution in [-0.4, -0.2) is 64.7 Å². The lowest BCUT2D eigenvalue weighted by molar-refractivity contribution is -0.250. The van der Waals surface area contributed by atoms with Gasteiger partial charge in [0, 0.05) is 31.7 Å². The lowest BCUT2D eigenvalue weighted by Gasteiger charge is -2.39. The van der Waals surface area contributed by atoms with Crippen molar-refractivity contribution in [1.29, 1.82) is 0 Å². The zero-order valence-electron chi connectivity index (χ0n) is 15.0. The van der Waals surface area contributed by atoms with Crippen LogP contribution in [0.3, 0.4) is 0 Å². The Morgan fingerprint density at radius 2 is 1.65 bits per heavy atom. The fourth-order valence-electron chi connectivity index (χ4n) is 2.95. The first-order valence-corrected chi connectivity index (χ1v) is 8.37. The van der Waals surface area contributed by atoms with E-state index in [2.05, 4.69) is 0 Å². The lowest BCUT2D eigenvalue weighted by atomic mass is 9.98. The van der Waals surface area contributed by atoms with Gasteiger partial charge in [-0.15, -0.1) is 0 Å². The summed E-state index contributed by atoms with van der Waals surface area (Å²) in [5.74, 6) is -1.52. The first kappa shape index (κ1) is 20.2. The molecule has 0 bridgehead atoms. The van der Waals surface area contributed by atoms with Crippen molar-refractivity contribution in [1.82, 2.24) is 9.80 Å². The maximum atomic E-state index is 12.8. The van der Waals surface area contributed by atoms with E-state index in [-0.39, 0.29) is 25.0 Å². The molecule has 1 saturated heterocycles. The van der Waals surface area contributed by atoms with Crippen molar-refractivity contribution in [3.8, 4) is 0 Å². The molecule has 0 saturated carbocycles. The minimum absolute atomic E-state index is 0.0568. The van der Waals surface area contributed by atoms with Crippen molar-refractivity contribution in [3.63, 3.8) is 0 Å². The van der Waals surface area contributed by atoms with Gasteiger partial charge in [0.05, 0.1) is 0 Å². The van der Waals surface area contributed by atoms with Gasteiger partial charge in [0.2, 0.25) is 5.60 Å². The Hall–Kier alpha value is -2.09. The number of likely N-dealkylation sites (tertiary alicyclic amines) is 1. The maximum Gasteiger partial charge on any atom is 0.426 e. The Labute approximate surface area is 150 Å². The van der Waals surface area contributed by atoms with Gasteiger partial charge in [-0.1, -0.05) is 17.7 Å². The maximum absolute atomic E-state index is 12.8. The molecule has 0 spiro atoms. The predicted molar refractivity (Wildman–Crippen MR) is 89.6 cm³/mol. The molecule has 1 aliphatic heterocycles. The molecule has 1 aromatic rings. The molecule has 1 aliphatic rings. The highest BCUT2D eigenvalue weighted by atomic mass is 19.4. The Morgan fingerprint density at radius 3 is 2.12 bits per heavy atom. The second kappa shape index (κ2) is 7.26. The van der Waals surface area contributed by atoms with Gasteiger partial charge < -0.3 is 14.9 Å². The molecule has 5 nitrogen and oxygen atoms in total. The third-order valence-corrected chi connectivity index (χ3v) is 4.89. The Balaban J connectivity index is 1.98. The second-order valence-corrected chi connectivity index (χ2v) is 6.88. The van der Waals surface area contributed by atoms with Crippen LogP contribution in [0.1, 0.15) is 35.7 Å². The van der Waals surface area contributed by atoms with Gasteiger partial charge >= 0.3 is 6.18 Å². The molecular formula is C18H23F3N2O3. The van der Waals surface area contributed by atoms with Crippen molar-refractivity contribution in [2.24, 2.45) is 0 Å². The topological polar surface area (TPSA) is 60.9 Å². The summed E-state index contributed by atoms with van der Waals surface area (Å²) >= 11 is 0. The monoisotopic (exact) mass is 372 g/mol. The highest BCUT2D eigenvalue weighted by molar-refractivity contribution is 5.94. The van der Waals surface area contributed by atoms with Gasteiger partial charge in [-0.25, -0.2) is 0 Å². The number of carbonyl (C=O) groups excluding carboxylic acids is 2. The van der Waals surface area contributed by atoms with Gasteiger partial charge in [0.25, 0.3) is 11.8 Å². The standard InChI is InChI=1S/C18H23F3N2O3/c1-12-4-6-13(7-5-12)15(24)22(3)14-8-10-23(11-9-14)16(25)17(2,26)18(19,20)21/h4-7,14,26H,8-11H2,1-3H3/t17-/m1/s1. The van der Waals surface area contributed by atoms with Crippen LogP contribution in [0.25, 0.3) is 0 Å². The van der Waals surface area contributed by atoms with E-state index in [0.717, 1.165) is 10.5 Å². The summed E-state index contributed by atoms with van der Waals surface area (Å²) in [5, 5.41) is 9.53. The molecule has 2 amide bonds. The van der Waals surface area contributed by atoms with Crippen LogP contribution in [-0.2, 0) is 4.79 Å². The highest BCUT2D eigenvalue weighted by Gasteiger charge is 2.57. The Bertz CT molecular complexity index is 663. The van der Waals surface area contributed by atoms with E-state index in [9.17, 15) is 27.9 Å². The largest absolute Gasteiger partial charge is 0.426 e. The van der Waals surface area contributed by atoms with E-state index in [1.54, 1.807) is 24.1 Å². The molecule has 0 aliphatic carbocycles. The molecule has 1 atom stereocenters. The molecule has 0 radical (unpaired) electrons. The van der Waals surface area contributed by atoms with Gasteiger partial charge in [0.15, 0.2) is 0 Å². The molecule has 2 rings (SSSR count). The van der Waals surface area contributed by atoms with Crippen LogP contribution in [0.15, 0.2) is 24.3 Å². The average molecular weight is 372 g/mol. The number of halogens is 3. The normalized spacial score (nSPS) is 18.3. The molecule has 144 valence electrons. The highest BCUT2D eigenvalue weighted by Crippen LogP contribution is 2.32. The number of aryl methyl sites for hydroxylation is 1. The van der Waals surface area contributed by atoms with E-state index in [1.165, 1.54) is 0 Å². The number of rotatable bonds is 3. The van der Waals surface area contributed by atoms with Gasteiger partial charge in [0.1, 0.15) is 0 Å². The first-order valence-electron chi connectivity index (χ1n) is 8.37. The number of hydrogen-bond donors (Lipinski definition) is 1. The number of nitrogens with zero attached hydrogens (tertiary/aromatic N) is 2. The van der Waals surface area contributed by atoms with Crippen LogP contribution < -0.4 is 0 Å². The summed E-state index contributed by atoms with van der Waals surface area (Å²) in [5.41, 5.74) is -1.83. The number of aliphatic hydroxyl groups is 1. The van der Waals surface area contributed by atoms with E-state index in [0.29, 0.717) is 25.3 Å². The number of piperidine rings is 1. The van der Waals surface area contributed by atoms with Gasteiger partial charge in [-0.05, 0) is 38.8 Å². The molecule has 1 heterocycles. The van der Waals surface area contributed by atoms with E-state index in [4.69, 9.17) is 0 Å².